The highest BCUT2D eigenvalue weighted by Crippen LogP contribution is 2.45. The van der Waals surface area contributed by atoms with Crippen molar-refractivity contribution in [1.82, 2.24) is 9.78 Å². The highest BCUT2D eigenvalue weighted by atomic mass is 35.5. The first-order valence-electron chi connectivity index (χ1n) is 8.00. The molecule has 4 rings (SSSR count). The first-order chi connectivity index (χ1) is 12.5. The molecule has 0 fully saturated rings. The summed E-state index contributed by atoms with van der Waals surface area (Å²) in [5.41, 5.74) is 9.32. The number of nitrogens with zero attached hydrogens (tertiary/aromatic N) is 3. The van der Waals surface area contributed by atoms with Gasteiger partial charge in [0.05, 0.1) is 10.9 Å². The van der Waals surface area contributed by atoms with Crippen LogP contribution in [0.25, 0.3) is 0 Å². The molecule has 1 aliphatic heterocycles. The number of thioether (sulfide) groups is 1. The van der Waals surface area contributed by atoms with Crippen LogP contribution in [0.15, 0.2) is 59.6 Å². The second kappa shape index (κ2) is 6.63. The summed E-state index contributed by atoms with van der Waals surface area (Å²) >= 11 is 7.38. The van der Waals surface area contributed by atoms with Crippen molar-refractivity contribution < 1.29 is 4.79 Å². The van der Waals surface area contributed by atoms with Gasteiger partial charge in [0.2, 0.25) is 0 Å². The monoisotopic (exact) mass is 382 g/mol. The van der Waals surface area contributed by atoms with Crippen LogP contribution in [0.4, 0.5) is 5.82 Å². The second-order valence-electron chi connectivity index (χ2n) is 5.91. The van der Waals surface area contributed by atoms with E-state index in [9.17, 15) is 4.79 Å². The molecule has 0 unspecified atom stereocenters. The Bertz CT molecular complexity index is 1010. The molecular formula is C19H15ClN4OS. The van der Waals surface area contributed by atoms with Gasteiger partial charge in [-0.1, -0.05) is 53.7 Å². The molecule has 0 amide bonds. The Hall–Kier alpha value is -2.57. The lowest BCUT2D eigenvalue weighted by Crippen LogP contribution is -2.18. The Morgan fingerprint density at radius 2 is 1.85 bits per heavy atom. The number of aliphatic imine (C=N–C) groups is 1. The zero-order chi connectivity index (χ0) is 18.3. The van der Waals surface area contributed by atoms with Crippen molar-refractivity contribution >= 4 is 40.3 Å². The number of benzene rings is 2. The van der Waals surface area contributed by atoms with E-state index in [2.05, 4.69) is 10.1 Å². The molecule has 1 aromatic heterocycles. The Labute approximate surface area is 159 Å². The Morgan fingerprint density at radius 3 is 2.54 bits per heavy atom. The Morgan fingerprint density at radius 1 is 1.15 bits per heavy atom. The van der Waals surface area contributed by atoms with Crippen LogP contribution >= 0.6 is 23.4 Å². The topological polar surface area (TPSA) is 73.3 Å². The number of aromatic nitrogens is 2. The van der Waals surface area contributed by atoms with E-state index in [-0.39, 0.29) is 11.2 Å². The number of halogens is 1. The molecule has 5 nitrogen and oxygen atoms in total. The lowest BCUT2D eigenvalue weighted by atomic mass is 10.0. The number of nitrogens with two attached hydrogens (primary N) is 1. The van der Waals surface area contributed by atoms with Crippen LogP contribution in [-0.2, 0) is 0 Å². The summed E-state index contributed by atoms with van der Waals surface area (Å²) in [6.07, 6.45) is 0. The van der Waals surface area contributed by atoms with Crippen LogP contribution < -0.4 is 5.73 Å². The molecule has 2 N–H and O–H groups in total. The van der Waals surface area contributed by atoms with Crippen molar-refractivity contribution in [2.45, 2.75) is 12.2 Å². The average Bonchev–Trinajstić information content (AvgIpc) is 2.98. The number of hydrogen-bond acceptors (Lipinski definition) is 5. The second-order valence-corrected chi connectivity index (χ2v) is 7.47. The van der Waals surface area contributed by atoms with Gasteiger partial charge >= 0.3 is 0 Å². The van der Waals surface area contributed by atoms with Crippen LogP contribution in [0, 0.1) is 6.92 Å². The maximum Gasteiger partial charge on any atom is 0.280 e. The average molecular weight is 383 g/mol. The van der Waals surface area contributed by atoms with E-state index in [0.29, 0.717) is 21.6 Å². The fourth-order valence-corrected chi connectivity index (χ4v) is 4.16. The predicted molar refractivity (Wildman–Crippen MR) is 105 cm³/mol. The van der Waals surface area contributed by atoms with Gasteiger partial charge < -0.3 is 5.73 Å². The van der Waals surface area contributed by atoms with E-state index in [1.54, 1.807) is 24.3 Å². The third kappa shape index (κ3) is 2.91. The van der Waals surface area contributed by atoms with Gasteiger partial charge in [0.25, 0.3) is 5.91 Å². The quantitative estimate of drug-likeness (QED) is 0.716. The van der Waals surface area contributed by atoms with E-state index >= 15 is 0 Å². The van der Waals surface area contributed by atoms with Gasteiger partial charge in [-0.2, -0.15) is 9.78 Å². The minimum atomic E-state index is -0.263. The van der Waals surface area contributed by atoms with Gasteiger partial charge in [-0.15, -0.1) is 0 Å². The van der Waals surface area contributed by atoms with Gasteiger partial charge in [0.1, 0.15) is 0 Å². The molecule has 0 saturated carbocycles. The number of carbonyl (C=O) groups is 1. The number of amidine groups is 1. The van der Waals surface area contributed by atoms with Crippen molar-refractivity contribution in [2.75, 3.05) is 0 Å². The number of aryl methyl sites for hydroxylation is 1. The first-order valence-corrected chi connectivity index (χ1v) is 9.26. The highest BCUT2D eigenvalue weighted by Gasteiger charge is 2.32. The van der Waals surface area contributed by atoms with E-state index in [1.165, 1.54) is 16.4 Å². The molecule has 0 spiro atoms. The van der Waals surface area contributed by atoms with Crippen molar-refractivity contribution in [1.29, 1.82) is 0 Å². The van der Waals surface area contributed by atoms with Crippen molar-refractivity contribution in [3.8, 4) is 0 Å². The van der Waals surface area contributed by atoms with Gasteiger partial charge in [-0.3, -0.25) is 4.79 Å². The summed E-state index contributed by atoms with van der Waals surface area (Å²) in [6.45, 7) is 1.89. The summed E-state index contributed by atoms with van der Waals surface area (Å²) in [5, 5.41) is 5.40. The van der Waals surface area contributed by atoms with Crippen molar-refractivity contribution in [3.05, 3.63) is 82.0 Å². The molecule has 2 heterocycles. The third-order valence-corrected chi connectivity index (χ3v) is 5.51. The molecule has 2 aromatic carbocycles. The zero-order valence-electron chi connectivity index (χ0n) is 13.9. The van der Waals surface area contributed by atoms with Gasteiger partial charge in [-0.25, -0.2) is 4.99 Å². The van der Waals surface area contributed by atoms with Crippen LogP contribution in [-0.4, -0.2) is 20.9 Å². The number of carbonyl (C=O) groups excluding carboxylic acids is 1. The molecule has 7 heteroatoms. The standard InChI is InChI=1S/C19H15ClN4OS/c1-11-15-16(12-5-3-2-4-6-12)26-19(21)22-17(15)24(23-11)18(25)13-7-9-14(20)10-8-13/h2-10,16H,1H3,(H2,21,22)/t16-/m1/s1. The molecule has 130 valence electrons. The van der Waals surface area contributed by atoms with E-state index in [4.69, 9.17) is 17.3 Å². The zero-order valence-corrected chi connectivity index (χ0v) is 15.5. The number of fused-ring (bicyclic) bond motifs is 1. The van der Waals surface area contributed by atoms with Crippen LogP contribution in [0.2, 0.25) is 5.02 Å². The molecule has 0 bridgehead atoms. The number of hydrogen-bond donors (Lipinski definition) is 1. The predicted octanol–water partition coefficient (Wildman–Crippen LogP) is 4.32. The van der Waals surface area contributed by atoms with E-state index in [0.717, 1.165) is 16.8 Å². The first kappa shape index (κ1) is 16.9. The molecule has 26 heavy (non-hydrogen) atoms. The molecule has 3 aromatic rings. The maximum absolute atomic E-state index is 12.9. The molecular weight excluding hydrogens is 368 g/mol. The van der Waals surface area contributed by atoms with Gasteiger partial charge in [0.15, 0.2) is 11.0 Å². The van der Waals surface area contributed by atoms with Crippen LogP contribution in [0.3, 0.4) is 0 Å². The highest BCUT2D eigenvalue weighted by molar-refractivity contribution is 8.14. The van der Waals surface area contributed by atoms with Crippen molar-refractivity contribution in [3.63, 3.8) is 0 Å². The summed E-state index contributed by atoms with van der Waals surface area (Å²) in [5.74, 6) is 0.230. The van der Waals surface area contributed by atoms with E-state index in [1.807, 2.05) is 37.3 Å². The molecule has 1 aliphatic rings. The van der Waals surface area contributed by atoms with Crippen molar-refractivity contribution in [2.24, 2.45) is 10.7 Å². The van der Waals surface area contributed by atoms with Gasteiger partial charge in [0, 0.05) is 16.1 Å². The normalized spacial score (nSPS) is 16.1. The molecule has 0 radical (unpaired) electrons. The fraction of sp³-hybridized carbons (Fsp3) is 0.105. The SMILES string of the molecule is Cc1nn(C(=O)c2ccc(Cl)cc2)c2c1[C@@H](c1ccccc1)SC(N)=N2. The van der Waals surface area contributed by atoms with Gasteiger partial charge in [-0.05, 0) is 36.8 Å². The molecule has 0 saturated heterocycles. The Balaban J connectivity index is 1.83. The van der Waals surface area contributed by atoms with Crippen LogP contribution in [0.5, 0.6) is 0 Å². The van der Waals surface area contributed by atoms with E-state index < -0.39 is 0 Å². The summed E-state index contributed by atoms with van der Waals surface area (Å²) < 4.78 is 1.33. The lowest BCUT2D eigenvalue weighted by molar-refractivity contribution is 0.0947. The maximum atomic E-state index is 12.9. The summed E-state index contributed by atoms with van der Waals surface area (Å²) in [4.78, 5) is 17.4. The summed E-state index contributed by atoms with van der Waals surface area (Å²) in [6, 6.07) is 16.7. The number of rotatable bonds is 2. The largest absolute Gasteiger partial charge is 0.378 e. The Kier molecular flexibility index (Phi) is 4.30. The molecule has 0 aliphatic carbocycles. The summed E-state index contributed by atoms with van der Waals surface area (Å²) in [7, 11) is 0. The smallest absolute Gasteiger partial charge is 0.280 e. The minimum absolute atomic E-state index is 0.0459. The third-order valence-electron chi connectivity index (χ3n) is 4.18. The molecule has 1 atom stereocenters. The lowest BCUT2D eigenvalue weighted by Gasteiger charge is -2.21. The minimum Gasteiger partial charge on any atom is -0.378 e. The van der Waals surface area contributed by atoms with Crippen LogP contribution in [0.1, 0.15) is 32.4 Å². The fourth-order valence-electron chi connectivity index (χ4n) is 2.97.